The van der Waals surface area contributed by atoms with Crippen molar-refractivity contribution < 1.29 is 0 Å². The predicted molar refractivity (Wildman–Crippen MR) is 73.1 cm³/mol. The summed E-state index contributed by atoms with van der Waals surface area (Å²) in [6, 6.07) is 0.101. The fourth-order valence-electron chi connectivity index (χ4n) is 2.30. The number of nitrogens with two attached hydrogens (primary N) is 1. The van der Waals surface area contributed by atoms with Crippen LogP contribution < -0.4 is 11.3 Å². The second kappa shape index (κ2) is 6.09. The lowest BCUT2D eigenvalue weighted by Gasteiger charge is -2.23. The molecular formula is C11H19ClN4S. The van der Waals surface area contributed by atoms with Gasteiger partial charge in [-0.15, -0.1) is 0 Å². The number of aromatic nitrogens is 2. The standard InChI is InChI=1S/C11H19ClN4S/c1-2-5-16-11(8(12)7-14-16)10(15-13)9-4-3-6-17-9/h7,9-10,15H,2-6,13H2,1H3. The largest absolute Gasteiger partial charge is 0.271 e. The van der Waals surface area contributed by atoms with E-state index in [1.165, 1.54) is 18.6 Å². The first-order valence-electron chi connectivity index (χ1n) is 6.06. The maximum absolute atomic E-state index is 6.24. The van der Waals surface area contributed by atoms with Crippen LogP contribution in [0.25, 0.3) is 0 Å². The van der Waals surface area contributed by atoms with Crippen LogP contribution in [0.3, 0.4) is 0 Å². The molecule has 6 heteroatoms. The quantitative estimate of drug-likeness (QED) is 0.639. The molecular weight excluding hydrogens is 256 g/mol. The van der Waals surface area contributed by atoms with Crippen LogP contribution in [-0.4, -0.2) is 20.8 Å². The van der Waals surface area contributed by atoms with E-state index in [0.29, 0.717) is 10.3 Å². The summed E-state index contributed by atoms with van der Waals surface area (Å²) < 4.78 is 1.98. The highest BCUT2D eigenvalue weighted by atomic mass is 35.5. The Hall–Kier alpha value is -0.230. The first-order chi connectivity index (χ1) is 8.27. The fraction of sp³-hybridized carbons (Fsp3) is 0.727. The van der Waals surface area contributed by atoms with Crippen molar-refractivity contribution in [1.29, 1.82) is 0 Å². The van der Waals surface area contributed by atoms with Gasteiger partial charge in [0.05, 0.1) is 23.0 Å². The van der Waals surface area contributed by atoms with E-state index < -0.39 is 0 Å². The van der Waals surface area contributed by atoms with Crippen molar-refractivity contribution in [2.24, 2.45) is 5.84 Å². The Balaban J connectivity index is 2.25. The SMILES string of the molecule is CCCn1ncc(Cl)c1C(NN)C1CCCS1. The minimum Gasteiger partial charge on any atom is -0.271 e. The normalized spacial score (nSPS) is 21.9. The maximum Gasteiger partial charge on any atom is 0.0835 e. The van der Waals surface area contributed by atoms with E-state index in [9.17, 15) is 0 Å². The molecule has 0 amide bonds. The molecule has 0 saturated carbocycles. The summed E-state index contributed by atoms with van der Waals surface area (Å²) >= 11 is 8.21. The van der Waals surface area contributed by atoms with Crippen LogP contribution in [0.5, 0.6) is 0 Å². The smallest absolute Gasteiger partial charge is 0.0835 e. The van der Waals surface area contributed by atoms with Crippen LogP contribution >= 0.6 is 23.4 Å². The highest BCUT2D eigenvalue weighted by Crippen LogP contribution is 2.37. The van der Waals surface area contributed by atoms with Gasteiger partial charge in [0.25, 0.3) is 0 Å². The third-order valence-electron chi connectivity index (χ3n) is 3.08. The second-order valence-corrected chi connectivity index (χ2v) is 6.05. The van der Waals surface area contributed by atoms with Gasteiger partial charge in [0.2, 0.25) is 0 Å². The molecule has 2 heterocycles. The Labute approximate surface area is 111 Å². The number of thioether (sulfide) groups is 1. The van der Waals surface area contributed by atoms with E-state index in [0.717, 1.165) is 18.7 Å². The average molecular weight is 275 g/mol. The molecule has 3 N–H and O–H groups in total. The Morgan fingerprint density at radius 2 is 2.59 bits per heavy atom. The van der Waals surface area contributed by atoms with Gasteiger partial charge in [-0.05, 0) is 25.0 Å². The molecule has 1 aromatic rings. The highest BCUT2D eigenvalue weighted by molar-refractivity contribution is 8.00. The van der Waals surface area contributed by atoms with Crippen molar-refractivity contribution >= 4 is 23.4 Å². The van der Waals surface area contributed by atoms with E-state index in [2.05, 4.69) is 17.4 Å². The van der Waals surface area contributed by atoms with E-state index in [4.69, 9.17) is 17.4 Å². The van der Waals surface area contributed by atoms with Gasteiger partial charge < -0.3 is 0 Å². The van der Waals surface area contributed by atoms with E-state index in [1.807, 2.05) is 16.4 Å². The number of halogens is 1. The second-order valence-electron chi connectivity index (χ2n) is 4.30. The number of rotatable bonds is 5. The summed E-state index contributed by atoms with van der Waals surface area (Å²) in [5, 5.41) is 5.55. The Morgan fingerprint density at radius 1 is 1.76 bits per heavy atom. The number of nitrogens with one attached hydrogen (secondary N) is 1. The van der Waals surface area contributed by atoms with E-state index >= 15 is 0 Å². The lowest BCUT2D eigenvalue weighted by atomic mass is 10.1. The molecule has 96 valence electrons. The van der Waals surface area contributed by atoms with Gasteiger partial charge in [0.1, 0.15) is 0 Å². The Morgan fingerprint density at radius 3 is 3.18 bits per heavy atom. The number of hydrogen-bond donors (Lipinski definition) is 2. The maximum atomic E-state index is 6.24. The fourth-order valence-corrected chi connectivity index (χ4v) is 3.93. The number of hydrazine groups is 1. The number of hydrogen-bond acceptors (Lipinski definition) is 4. The zero-order chi connectivity index (χ0) is 12.3. The highest BCUT2D eigenvalue weighted by Gasteiger charge is 2.30. The van der Waals surface area contributed by atoms with Crippen LogP contribution in [0.2, 0.25) is 5.02 Å². The van der Waals surface area contributed by atoms with Gasteiger partial charge in [-0.25, -0.2) is 0 Å². The van der Waals surface area contributed by atoms with Crippen molar-refractivity contribution in [2.45, 2.75) is 44.0 Å². The minimum atomic E-state index is 0.101. The van der Waals surface area contributed by atoms with Crippen molar-refractivity contribution in [2.75, 3.05) is 5.75 Å². The van der Waals surface area contributed by atoms with E-state index in [1.54, 1.807) is 6.20 Å². The molecule has 1 aliphatic heterocycles. The van der Waals surface area contributed by atoms with Crippen LogP contribution in [0, 0.1) is 0 Å². The summed E-state index contributed by atoms with van der Waals surface area (Å²) in [5.74, 6) is 6.93. The molecule has 2 atom stereocenters. The van der Waals surface area contributed by atoms with Gasteiger partial charge in [0, 0.05) is 11.8 Å². The molecule has 1 fully saturated rings. The molecule has 0 bridgehead atoms. The zero-order valence-electron chi connectivity index (χ0n) is 10.0. The summed E-state index contributed by atoms with van der Waals surface area (Å²) in [7, 11) is 0. The molecule has 1 aromatic heterocycles. The molecule has 0 spiro atoms. The Bertz CT molecular complexity index is 362. The molecule has 0 aromatic carbocycles. The third-order valence-corrected chi connectivity index (χ3v) is 4.83. The summed E-state index contributed by atoms with van der Waals surface area (Å²) in [5.41, 5.74) is 3.96. The number of nitrogens with zero attached hydrogens (tertiary/aromatic N) is 2. The minimum absolute atomic E-state index is 0.101. The third kappa shape index (κ3) is 2.78. The van der Waals surface area contributed by atoms with Crippen LogP contribution in [-0.2, 0) is 6.54 Å². The molecule has 0 radical (unpaired) electrons. The molecule has 2 unspecified atom stereocenters. The van der Waals surface area contributed by atoms with Crippen molar-refractivity contribution in [3.63, 3.8) is 0 Å². The van der Waals surface area contributed by atoms with Crippen molar-refractivity contribution in [1.82, 2.24) is 15.2 Å². The molecule has 0 aliphatic carbocycles. The van der Waals surface area contributed by atoms with Crippen molar-refractivity contribution in [3.05, 3.63) is 16.9 Å². The van der Waals surface area contributed by atoms with Crippen molar-refractivity contribution in [3.8, 4) is 0 Å². The van der Waals surface area contributed by atoms with Crippen LogP contribution in [0.15, 0.2) is 6.20 Å². The summed E-state index contributed by atoms with van der Waals surface area (Å²) in [6.45, 7) is 3.02. The summed E-state index contributed by atoms with van der Waals surface area (Å²) in [6.07, 6.45) is 5.21. The molecule has 1 saturated heterocycles. The van der Waals surface area contributed by atoms with Crippen LogP contribution in [0.4, 0.5) is 0 Å². The van der Waals surface area contributed by atoms with Gasteiger partial charge in [-0.3, -0.25) is 16.0 Å². The molecule has 2 rings (SSSR count). The van der Waals surface area contributed by atoms with Gasteiger partial charge in [0.15, 0.2) is 0 Å². The molecule has 1 aliphatic rings. The lowest BCUT2D eigenvalue weighted by Crippen LogP contribution is -2.36. The Kier molecular flexibility index (Phi) is 4.73. The first kappa shape index (κ1) is 13.2. The topological polar surface area (TPSA) is 55.9 Å². The van der Waals surface area contributed by atoms with E-state index in [-0.39, 0.29) is 6.04 Å². The molecule has 4 nitrogen and oxygen atoms in total. The predicted octanol–water partition coefficient (Wildman–Crippen LogP) is 2.35. The number of aryl methyl sites for hydroxylation is 1. The first-order valence-corrected chi connectivity index (χ1v) is 7.49. The summed E-state index contributed by atoms with van der Waals surface area (Å²) in [4.78, 5) is 0. The van der Waals surface area contributed by atoms with Gasteiger partial charge in [-0.2, -0.15) is 16.9 Å². The average Bonchev–Trinajstić information content (AvgIpc) is 2.94. The van der Waals surface area contributed by atoms with Gasteiger partial charge >= 0.3 is 0 Å². The molecule has 17 heavy (non-hydrogen) atoms. The van der Waals surface area contributed by atoms with Crippen LogP contribution in [0.1, 0.15) is 37.9 Å². The zero-order valence-corrected chi connectivity index (χ0v) is 11.6. The van der Waals surface area contributed by atoms with Gasteiger partial charge in [-0.1, -0.05) is 18.5 Å². The lowest BCUT2D eigenvalue weighted by molar-refractivity contribution is 0.462. The monoisotopic (exact) mass is 274 g/mol.